The van der Waals surface area contributed by atoms with Crippen molar-refractivity contribution in [2.24, 2.45) is 0 Å². The Morgan fingerprint density at radius 2 is 1.95 bits per heavy atom. The minimum atomic E-state index is -0.389. The third kappa shape index (κ3) is 2.57. The summed E-state index contributed by atoms with van der Waals surface area (Å²) in [4.78, 5) is 12.4. The summed E-state index contributed by atoms with van der Waals surface area (Å²) in [6.45, 7) is 3.60. The first-order valence-corrected chi connectivity index (χ1v) is 7.09. The number of benzene rings is 2. The predicted octanol–water partition coefficient (Wildman–Crippen LogP) is 5.09. The molecule has 0 spiro atoms. The van der Waals surface area contributed by atoms with Crippen molar-refractivity contribution >= 4 is 34.2 Å². The van der Waals surface area contributed by atoms with Gasteiger partial charge in [-0.15, -0.1) is 0 Å². The van der Waals surface area contributed by atoms with Gasteiger partial charge >= 0.3 is 0 Å². The lowest BCUT2D eigenvalue weighted by molar-refractivity contribution is 0.0998. The molecule has 0 aliphatic rings. The number of nitrogens with one attached hydrogen (secondary N) is 1. The molecule has 0 fully saturated rings. The van der Waals surface area contributed by atoms with Crippen LogP contribution < -0.4 is 5.32 Å². The molecular formula is C17H13ClFNO2. The fraction of sp³-hybridized carbons (Fsp3) is 0.118. The molecule has 1 N–H and O–H groups in total. The van der Waals surface area contributed by atoms with Crippen molar-refractivity contribution in [1.82, 2.24) is 0 Å². The molecular weight excluding hydrogens is 305 g/mol. The van der Waals surface area contributed by atoms with Gasteiger partial charge in [-0.05, 0) is 49.7 Å². The Bertz CT molecular complexity index is 886. The van der Waals surface area contributed by atoms with Crippen LogP contribution in [0, 0.1) is 19.7 Å². The fourth-order valence-electron chi connectivity index (χ4n) is 2.32. The molecule has 1 heterocycles. The van der Waals surface area contributed by atoms with Gasteiger partial charge in [0.1, 0.15) is 11.4 Å². The number of carbonyl (C=O) groups is 1. The van der Waals surface area contributed by atoms with Crippen molar-refractivity contribution in [3.05, 3.63) is 64.1 Å². The second-order valence-corrected chi connectivity index (χ2v) is 5.55. The first-order valence-electron chi connectivity index (χ1n) is 6.72. The molecule has 5 heteroatoms. The molecule has 3 aromatic rings. The number of amides is 1. The third-order valence-electron chi connectivity index (χ3n) is 3.55. The molecule has 0 unspecified atom stereocenters. The Morgan fingerprint density at radius 1 is 1.18 bits per heavy atom. The van der Waals surface area contributed by atoms with E-state index in [1.54, 1.807) is 19.1 Å². The van der Waals surface area contributed by atoms with Crippen LogP contribution in [-0.4, -0.2) is 5.91 Å². The summed E-state index contributed by atoms with van der Waals surface area (Å²) in [5, 5.41) is 3.90. The summed E-state index contributed by atoms with van der Waals surface area (Å²) in [5.74, 6) is -0.589. The lowest BCUT2D eigenvalue weighted by Gasteiger charge is -2.07. The Hall–Kier alpha value is -2.33. The number of aryl methyl sites for hydroxylation is 2. The number of anilines is 1. The van der Waals surface area contributed by atoms with E-state index in [0.29, 0.717) is 27.2 Å². The smallest absolute Gasteiger partial charge is 0.291 e. The number of hydrogen-bond donors (Lipinski definition) is 1. The molecule has 3 nitrogen and oxygen atoms in total. The van der Waals surface area contributed by atoms with E-state index in [9.17, 15) is 9.18 Å². The van der Waals surface area contributed by atoms with Gasteiger partial charge in [0.2, 0.25) is 0 Å². The molecule has 22 heavy (non-hydrogen) atoms. The van der Waals surface area contributed by atoms with Gasteiger partial charge < -0.3 is 9.73 Å². The van der Waals surface area contributed by atoms with Crippen molar-refractivity contribution in [2.45, 2.75) is 13.8 Å². The molecule has 3 rings (SSSR count). The normalized spacial score (nSPS) is 10.9. The maximum absolute atomic E-state index is 13.3. The molecule has 1 amide bonds. The Labute approximate surface area is 131 Å². The number of halogens is 2. The van der Waals surface area contributed by atoms with Gasteiger partial charge in [-0.3, -0.25) is 4.79 Å². The van der Waals surface area contributed by atoms with Crippen LogP contribution in [0.25, 0.3) is 11.0 Å². The maximum Gasteiger partial charge on any atom is 0.291 e. The van der Waals surface area contributed by atoms with Crippen LogP contribution >= 0.6 is 11.6 Å². The van der Waals surface area contributed by atoms with Gasteiger partial charge in [-0.1, -0.05) is 17.7 Å². The largest absolute Gasteiger partial charge is 0.451 e. The molecule has 0 saturated carbocycles. The lowest BCUT2D eigenvalue weighted by Crippen LogP contribution is -2.13. The highest BCUT2D eigenvalue weighted by atomic mass is 35.5. The van der Waals surface area contributed by atoms with E-state index >= 15 is 0 Å². The standard InChI is InChI=1S/C17H13ClFNO2/c1-9-3-4-11(18)7-14(9)20-17(21)16-10(2)13-8-12(19)5-6-15(13)22-16/h3-8H,1-2H3,(H,20,21). The highest BCUT2D eigenvalue weighted by molar-refractivity contribution is 6.31. The second-order valence-electron chi connectivity index (χ2n) is 5.11. The summed E-state index contributed by atoms with van der Waals surface area (Å²) < 4.78 is 18.9. The zero-order chi connectivity index (χ0) is 15.9. The molecule has 2 aromatic carbocycles. The van der Waals surface area contributed by atoms with Gasteiger partial charge in [0, 0.05) is 21.7 Å². The van der Waals surface area contributed by atoms with Crippen molar-refractivity contribution in [2.75, 3.05) is 5.32 Å². The number of fused-ring (bicyclic) bond motifs is 1. The molecule has 1 aromatic heterocycles. The zero-order valence-corrected chi connectivity index (χ0v) is 12.8. The van der Waals surface area contributed by atoms with Gasteiger partial charge in [0.15, 0.2) is 5.76 Å². The van der Waals surface area contributed by atoms with E-state index in [-0.39, 0.29) is 17.5 Å². The topological polar surface area (TPSA) is 42.2 Å². The van der Waals surface area contributed by atoms with E-state index in [1.807, 2.05) is 13.0 Å². The van der Waals surface area contributed by atoms with Crippen molar-refractivity contribution in [3.63, 3.8) is 0 Å². The van der Waals surface area contributed by atoms with E-state index in [1.165, 1.54) is 18.2 Å². The number of hydrogen-bond acceptors (Lipinski definition) is 2. The van der Waals surface area contributed by atoms with Crippen LogP contribution in [0.3, 0.4) is 0 Å². The summed E-state index contributed by atoms with van der Waals surface area (Å²) in [7, 11) is 0. The van der Waals surface area contributed by atoms with Crippen LogP contribution in [0.15, 0.2) is 40.8 Å². The van der Waals surface area contributed by atoms with E-state index in [2.05, 4.69) is 5.32 Å². The summed E-state index contributed by atoms with van der Waals surface area (Å²) >= 11 is 5.94. The zero-order valence-electron chi connectivity index (χ0n) is 12.0. The maximum atomic E-state index is 13.3. The summed E-state index contributed by atoms with van der Waals surface area (Å²) in [6.07, 6.45) is 0. The van der Waals surface area contributed by atoms with Crippen molar-refractivity contribution in [1.29, 1.82) is 0 Å². The van der Waals surface area contributed by atoms with E-state index in [0.717, 1.165) is 5.56 Å². The quantitative estimate of drug-likeness (QED) is 0.715. The predicted molar refractivity (Wildman–Crippen MR) is 85.1 cm³/mol. The van der Waals surface area contributed by atoms with Crippen molar-refractivity contribution in [3.8, 4) is 0 Å². The third-order valence-corrected chi connectivity index (χ3v) is 3.79. The van der Waals surface area contributed by atoms with Gasteiger partial charge in [-0.25, -0.2) is 4.39 Å². The minimum absolute atomic E-state index is 0.167. The number of rotatable bonds is 2. The summed E-state index contributed by atoms with van der Waals surface area (Å²) in [5.41, 5.74) is 2.58. The molecule has 0 aliphatic heterocycles. The first-order chi connectivity index (χ1) is 10.5. The lowest BCUT2D eigenvalue weighted by atomic mass is 10.1. The highest BCUT2D eigenvalue weighted by Crippen LogP contribution is 2.27. The molecule has 0 bridgehead atoms. The molecule has 0 saturated heterocycles. The second kappa shape index (κ2) is 5.46. The number of carbonyl (C=O) groups excluding carboxylic acids is 1. The Kier molecular flexibility index (Phi) is 3.62. The summed E-state index contributed by atoms with van der Waals surface area (Å²) in [6, 6.07) is 9.41. The van der Waals surface area contributed by atoms with Gasteiger partial charge in [-0.2, -0.15) is 0 Å². The number of furan rings is 1. The molecule has 112 valence electrons. The van der Waals surface area contributed by atoms with Crippen molar-refractivity contribution < 1.29 is 13.6 Å². The van der Waals surface area contributed by atoms with E-state index < -0.39 is 0 Å². The van der Waals surface area contributed by atoms with Crippen LogP contribution in [0.4, 0.5) is 10.1 Å². The SMILES string of the molecule is Cc1ccc(Cl)cc1NC(=O)c1oc2ccc(F)cc2c1C. The monoisotopic (exact) mass is 317 g/mol. The minimum Gasteiger partial charge on any atom is -0.451 e. The van der Waals surface area contributed by atoms with Gasteiger partial charge in [0.25, 0.3) is 5.91 Å². The molecule has 0 radical (unpaired) electrons. The average Bonchev–Trinajstić information content (AvgIpc) is 2.80. The highest BCUT2D eigenvalue weighted by Gasteiger charge is 2.18. The van der Waals surface area contributed by atoms with Crippen LogP contribution in [-0.2, 0) is 0 Å². The fourth-order valence-corrected chi connectivity index (χ4v) is 2.49. The molecule has 0 aliphatic carbocycles. The average molecular weight is 318 g/mol. The van der Waals surface area contributed by atoms with Crippen LogP contribution in [0.5, 0.6) is 0 Å². The first kappa shape index (κ1) is 14.6. The Balaban J connectivity index is 1.99. The van der Waals surface area contributed by atoms with E-state index in [4.69, 9.17) is 16.0 Å². The Morgan fingerprint density at radius 3 is 2.73 bits per heavy atom. The molecule has 0 atom stereocenters. The van der Waals surface area contributed by atoms with Crippen LogP contribution in [0.2, 0.25) is 5.02 Å². The van der Waals surface area contributed by atoms with Crippen LogP contribution in [0.1, 0.15) is 21.7 Å². The van der Waals surface area contributed by atoms with Gasteiger partial charge in [0.05, 0.1) is 0 Å².